The van der Waals surface area contributed by atoms with Crippen LogP contribution >= 0.6 is 0 Å². The molecular weight excluding hydrogens is 340 g/mol. The second kappa shape index (κ2) is 14.3. The summed E-state index contributed by atoms with van der Waals surface area (Å²) in [5.74, 6) is 2.38. The lowest BCUT2D eigenvalue weighted by Crippen LogP contribution is -2.38. The molecule has 1 aromatic carbocycles. The molecule has 0 spiro atoms. The number of nitrogens with zero attached hydrogens (tertiary/aromatic N) is 2. The van der Waals surface area contributed by atoms with Gasteiger partial charge in [-0.15, -0.1) is 0 Å². The van der Waals surface area contributed by atoms with Gasteiger partial charge in [0.25, 0.3) is 0 Å². The Morgan fingerprint density at radius 1 is 1.07 bits per heavy atom. The minimum atomic E-state index is 0.683. The number of hydrogen-bond acceptors (Lipinski definition) is 4. The maximum absolute atomic E-state index is 5.76. The molecule has 0 amide bonds. The Bertz CT molecular complexity index is 515. The van der Waals surface area contributed by atoms with Crippen molar-refractivity contribution >= 4 is 5.96 Å². The lowest BCUT2D eigenvalue weighted by Gasteiger charge is -2.13. The molecule has 0 saturated heterocycles. The fourth-order valence-electron chi connectivity index (χ4n) is 2.34. The second-order valence-corrected chi connectivity index (χ2v) is 7.30. The Balaban J connectivity index is 2.20. The predicted octanol–water partition coefficient (Wildman–Crippen LogP) is 2.74. The Kier molecular flexibility index (Phi) is 12.3. The van der Waals surface area contributed by atoms with E-state index >= 15 is 0 Å². The van der Waals surface area contributed by atoms with Crippen molar-refractivity contribution in [2.45, 2.75) is 33.2 Å². The summed E-state index contributed by atoms with van der Waals surface area (Å²) in [6.07, 6.45) is 2.13. The van der Waals surface area contributed by atoms with Crippen molar-refractivity contribution in [3.8, 4) is 5.75 Å². The Labute approximate surface area is 165 Å². The standard InChI is InChI=1S/C21H38N4O2/c1-18(2)11-15-26-16-12-23-21(22-3)24-17-19-7-9-20(10-8-19)27-14-6-13-25(4)5/h7-10,18H,6,11-17H2,1-5H3,(H2,22,23,24). The molecular formula is C21H38N4O2. The lowest BCUT2D eigenvalue weighted by atomic mass is 10.1. The van der Waals surface area contributed by atoms with Crippen LogP contribution in [0.1, 0.15) is 32.3 Å². The fourth-order valence-corrected chi connectivity index (χ4v) is 2.34. The molecule has 0 saturated carbocycles. The third-order valence-electron chi connectivity index (χ3n) is 4.00. The van der Waals surface area contributed by atoms with E-state index in [0.29, 0.717) is 12.5 Å². The van der Waals surface area contributed by atoms with Gasteiger partial charge in [-0.2, -0.15) is 0 Å². The summed E-state index contributed by atoms with van der Waals surface area (Å²) in [7, 11) is 5.93. The molecule has 154 valence electrons. The van der Waals surface area contributed by atoms with Crippen molar-refractivity contribution in [3.05, 3.63) is 29.8 Å². The molecule has 0 aliphatic carbocycles. The van der Waals surface area contributed by atoms with E-state index in [-0.39, 0.29) is 0 Å². The molecule has 0 heterocycles. The summed E-state index contributed by atoms with van der Waals surface area (Å²) < 4.78 is 11.4. The van der Waals surface area contributed by atoms with E-state index in [9.17, 15) is 0 Å². The van der Waals surface area contributed by atoms with E-state index in [1.165, 1.54) is 5.56 Å². The zero-order chi connectivity index (χ0) is 19.9. The van der Waals surface area contributed by atoms with Gasteiger partial charge in [0.2, 0.25) is 0 Å². The molecule has 0 aromatic heterocycles. The number of hydrogen-bond donors (Lipinski definition) is 2. The average Bonchev–Trinajstić information content (AvgIpc) is 2.64. The van der Waals surface area contributed by atoms with Gasteiger partial charge >= 0.3 is 0 Å². The van der Waals surface area contributed by atoms with Gasteiger partial charge in [-0.1, -0.05) is 26.0 Å². The van der Waals surface area contributed by atoms with Crippen LogP contribution < -0.4 is 15.4 Å². The van der Waals surface area contributed by atoms with Crippen LogP contribution in [0.4, 0.5) is 0 Å². The summed E-state index contributed by atoms with van der Waals surface area (Å²) in [6.45, 7) is 9.16. The summed E-state index contributed by atoms with van der Waals surface area (Å²) >= 11 is 0. The van der Waals surface area contributed by atoms with Gasteiger partial charge in [-0.3, -0.25) is 4.99 Å². The smallest absolute Gasteiger partial charge is 0.191 e. The van der Waals surface area contributed by atoms with Crippen LogP contribution in [0.2, 0.25) is 0 Å². The van der Waals surface area contributed by atoms with Crippen molar-refractivity contribution in [3.63, 3.8) is 0 Å². The Hall–Kier alpha value is -1.79. The first-order valence-electron chi connectivity index (χ1n) is 9.90. The largest absolute Gasteiger partial charge is 0.494 e. The number of nitrogens with one attached hydrogen (secondary N) is 2. The van der Waals surface area contributed by atoms with Crippen LogP contribution in [0, 0.1) is 5.92 Å². The van der Waals surface area contributed by atoms with Gasteiger partial charge < -0.3 is 25.0 Å². The predicted molar refractivity (Wildman–Crippen MR) is 114 cm³/mol. The van der Waals surface area contributed by atoms with Crippen LogP contribution in [-0.2, 0) is 11.3 Å². The third kappa shape index (κ3) is 12.3. The molecule has 0 fully saturated rings. The topological polar surface area (TPSA) is 58.1 Å². The van der Waals surface area contributed by atoms with E-state index in [4.69, 9.17) is 9.47 Å². The number of ether oxygens (including phenoxy) is 2. The normalized spacial score (nSPS) is 11.9. The molecule has 0 unspecified atom stereocenters. The van der Waals surface area contributed by atoms with Crippen molar-refractivity contribution in [1.29, 1.82) is 0 Å². The highest BCUT2D eigenvalue weighted by atomic mass is 16.5. The van der Waals surface area contributed by atoms with Crippen LogP contribution in [0.5, 0.6) is 5.75 Å². The molecule has 0 aliphatic heterocycles. The molecule has 1 aromatic rings. The lowest BCUT2D eigenvalue weighted by molar-refractivity contribution is 0.128. The summed E-state index contributed by atoms with van der Waals surface area (Å²) in [6, 6.07) is 8.20. The van der Waals surface area contributed by atoms with Crippen molar-refractivity contribution in [2.75, 3.05) is 54.1 Å². The molecule has 27 heavy (non-hydrogen) atoms. The first kappa shape index (κ1) is 23.2. The maximum atomic E-state index is 5.76. The number of rotatable bonds is 13. The molecule has 6 heteroatoms. The van der Waals surface area contributed by atoms with E-state index in [1.807, 2.05) is 12.1 Å². The number of benzene rings is 1. The minimum absolute atomic E-state index is 0.683. The number of guanidine groups is 1. The molecule has 2 N–H and O–H groups in total. The van der Waals surface area contributed by atoms with Crippen LogP contribution in [-0.4, -0.2) is 64.9 Å². The highest BCUT2D eigenvalue weighted by Gasteiger charge is 2.00. The molecule has 1 rings (SSSR count). The third-order valence-corrected chi connectivity index (χ3v) is 4.00. The van der Waals surface area contributed by atoms with Gasteiger partial charge in [0, 0.05) is 33.3 Å². The van der Waals surface area contributed by atoms with E-state index in [2.05, 4.69) is 60.6 Å². The molecule has 0 bridgehead atoms. The van der Waals surface area contributed by atoms with Gasteiger partial charge in [0.15, 0.2) is 5.96 Å². The van der Waals surface area contributed by atoms with Gasteiger partial charge in [0.05, 0.1) is 13.2 Å². The highest BCUT2D eigenvalue weighted by molar-refractivity contribution is 5.79. The van der Waals surface area contributed by atoms with Gasteiger partial charge in [0.1, 0.15) is 5.75 Å². The molecule has 0 atom stereocenters. The fraction of sp³-hybridized carbons (Fsp3) is 0.667. The summed E-state index contributed by atoms with van der Waals surface area (Å²) in [4.78, 5) is 6.40. The maximum Gasteiger partial charge on any atom is 0.191 e. The van der Waals surface area contributed by atoms with E-state index in [1.54, 1.807) is 7.05 Å². The summed E-state index contributed by atoms with van der Waals surface area (Å²) in [5, 5.41) is 6.58. The average molecular weight is 379 g/mol. The Morgan fingerprint density at radius 2 is 1.81 bits per heavy atom. The van der Waals surface area contributed by atoms with E-state index < -0.39 is 0 Å². The molecule has 0 aliphatic rings. The SMILES string of the molecule is CN=C(NCCOCCC(C)C)NCc1ccc(OCCCN(C)C)cc1. The molecule has 6 nitrogen and oxygen atoms in total. The monoisotopic (exact) mass is 378 g/mol. The second-order valence-electron chi connectivity index (χ2n) is 7.30. The Morgan fingerprint density at radius 3 is 2.44 bits per heavy atom. The first-order valence-corrected chi connectivity index (χ1v) is 9.90. The first-order chi connectivity index (χ1) is 13.0. The van der Waals surface area contributed by atoms with Crippen molar-refractivity contribution in [2.24, 2.45) is 10.9 Å². The van der Waals surface area contributed by atoms with Crippen LogP contribution in [0.3, 0.4) is 0 Å². The van der Waals surface area contributed by atoms with Crippen LogP contribution in [0.15, 0.2) is 29.3 Å². The zero-order valence-electron chi connectivity index (χ0n) is 17.8. The zero-order valence-corrected chi connectivity index (χ0v) is 17.8. The minimum Gasteiger partial charge on any atom is -0.494 e. The highest BCUT2D eigenvalue weighted by Crippen LogP contribution is 2.12. The van der Waals surface area contributed by atoms with Gasteiger partial charge in [-0.25, -0.2) is 0 Å². The van der Waals surface area contributed by atoms with Gasteiger partial charge in [-0.05, 0) is 50.6 Å². The van der Waals surface area contributed by atoms with E-state index in [0.717, 1.165) is 57.4 Å². The van der Waals surface area contributed by atoms with Crippen molar-refractivity contribution < 1.29 is 9.47 Å². The summed E-state index contributed by atoms with van der Waals surface area (Å²) in [5.41, 5.74) is 1.19. The molecule has 0 radical (unpaired) electrons. The quantitative estimate of drug-likeness (QED) is 0.314. The number of aliphatic imine (C=N–C) groups is 1. The van der Waals surface area contributed by atoms with Crippen molar-refractivity contribution in [1.82, 2.24) is 15.5 Å². The van der Waals surface area contributed by atoms with Crippen LogP contribution in [0.25, 0.3) is 0 Å².